The molecule has 0 fully saturated rings. The Morgan fingerprint density at radius 1 is 1.44 bits per heavy atom. The Bertz CT molecular complexity index is 246. The minimum absolute atomic E-state index is 0.217. The molecule has 0 rings (SSSR count). The molecule has 0 aliphatic rings. The lowest BCUT2D eigenvalue weighted by Crippen LogP contribution is -2.46. The number of methoxy groups -OCH3 is 1. The van der Waals surface area contributed by atoms with Gasteiger partial charge in [0.05, 0.1) is 7.11 Å². The van der Waals surface area contributed by atoms with E-state index in [2.05, 4.69) is 10.1 Å². The summed E-state index contributed by atoms with van der Waals surface area (Å²) in [7, 11) is 1.19. The molecule has 1 unspecified atom stereocenters. The van der Waals surface area contributed by atoms with Crippen molar-refractivity contribution >= 4 is 23.2 Å². The van der Waals surface area contributed by atoms with E-state index in [1.54, 1.807) is 6.92 Å². The molecule has 1 amide bonds. The first-order valence-corrected chi connectivity index (χ1v) is 6.63. The van der Waals surface area contributed by atoms with Gasteiger partial charge in [-0.15, -0.1) is 0 Å². The number of alkyl carbamates (subject to hydrolysis) is 1. The lowest BCUT2D eigenvalue weighted by atomic mass is 10.0. The third kappa shape index (κ3) is 5.82. The van der Waals surface area contributed by atoms with E-state index in [1.165, 1.54) is 7.11 Å². The molecule has 0 aliphatic heterocycles. The molecule has 0 aromatic heterocycles. The van der Waals surface area contributed by atoms with Crippen LogP contribution in [-0.4, -0.2) is 49.4 Å². The van der Waals surface area contributed by atoms with E-state index in [4.69, 9.17) is 9.29 Å². The number of rotatable bonds is 6. The summed E-state index contributed by atoms with van der Waals surface area (Å²) < 4.78 is 9.68. The average molecular weight is 252 g/mol. The smallest absolute Gasteiger partial charge is 0.407 e. The molecule has 0 radical (unpaired) electrons. The minimum Gasteiger partial charge on any atom is -0.480 e. The summed E-state index contributed by atoms with van der Waals surface area (Å²) in [6.07, 6.45) is 3.01. The van der Waals surface area contributed by atoms with Crippen molar-refractivity contribution in [1.29, 1.82) is 0 Å². The number of carboxylic acids is 1. The Kier molecular flexibility index (Phi) is 6.91. The van der Waals surface area contributed by atoms with Crippen molar-refractivity contribution in [1.82, 2.24) is 5.32 Å². The normalized spacial score (nSPS) is 14.3. The Labute approximate surface area is 97.9 Å². The molecule has 0 aromatic rings. The zero-order valence-corrected chi connectivity index (χ0v) is 10.7. The third-order valence-corrected chi connectivity index (χ3v) is 2.47. The van der Waals surface area contributed by atoms with E-state index in [9.17, 15) is 9.59 Å². The number of hydrogen-bond donors (Lipinski definition) is 2. The Morgan fingerprint density at radius 3 is 2.38 bits per heavy atom. The van der Waals surface area contributed by atoms with E-state index in [0.29, 0.717) is 0 Å². The number of nitrogens with one attached hydrogen (secondary N) is 1. The van der Waals surface area contributed by atoms with Gasteiger partial charge in [-0.3, -0.25) is 0 Å². The fourth-order valence-electron chi connectivity index (χ4n) is 0.973. The number of hydrogen-bond acceptors (Lipinski definition) is 4. The van der Waals surface area contributed by atoms with Crippen molar-refractivity contribution in [3.8, 4) is 0 Å². The molecule has 0 heterocycles. The molecule has 16 heavy (non-hydrogen) atoms. The van der Waals surface area contributed by atoms with Crippen LogP contribution in [0.3, 0.4) is 0 Å². The van der Waals surface area contributed by atoms with Crippen molar-refractivity contribution in [2.75, 3.05) is 26.2 Å². The summed E-state index contributed by atoms with van der Waals surface area (Å²) in [5, 5.41) is 11.2. The van der Waals surface area contributed by atoms with E-state index < -0.39 is 18.1 Å². The number of amides is 1. The number of carboxylic acid groups (broad SMARTS) is 1. The van der Waals surface area contributed by atoms with Gasteiger partial charge in [0, 0.05) is 5.92 Å². The second kappa shape index (κ2) is 7.34. The van der Waals surface area contributed by atoms with Gasteiger partial charge in [-0.05, 0) is 0 Å². The van der Waals surface area contributed by atoms with Crippen LogP contribution in [-0.2, 0) is 24.9 Å². The second-order valence-corrected chi connectivity index (χ2v) is 5.17. The zero-order chi connectivity index (χ0) is 12.7. The van der Waals surface area contributed by atoms with Crippen molar-refractivity contribution in [3.05, 3.63) is 0 Å². The monoisotopic (exact) mass is 252 g/mol. The molecular weight excluding hydrogens is 234 g/mol. The number of carbonyl (C=O) groups excluding carboxylic acids is 1. The average Bonchev–Trinajstić information content (AvgIpc) is 2.21. The van der Waals surface area contributed by atoms with Crippen molar-refractivity contribution in [3.63, 3.8) is 0 Å². The number of aliphatic carboxylic acids is 1. The van der Waals surface area contributed by atoms with Crippen LogP contribution in [0.15, 0.2) is 0 Å². The van der Waals surface area contributed by atoms with Crippen LogP contribution in [0.25, 0.3) is 0 Å². The van der Waals surface area contributed by atoms with Crippen molar-refractivity contribution in [2.45, 2.75) is 13.0 Å². The maximum atomic E-state index is 10.9. The molecule has 94 valence electrons. The number of ether oxygens (including phenoxy) is 1. The van der Waals surface area contributed by atoms with Crippen molar-refractivity contribution < 1.29 is 23.6 Å². The van der Waals surface area contributed by atoms with Gasteiger partial charge >= 0.3 is 12.1 Å². The summed E-state index contributed by atoms with van der Waals surface area (Å²) in [6, 6.07) is -1.00. The molecule has 0 aliphatic carbocycles. The standard InChI is InChI=1S/C9H17NO5S/c1-6(5-15-16(3)4)7(8(11)12)10-9(13)14-2/h6-7H,5H2,1-4H3,(H-,10,11,12,13)/p+1/t6?,7-/m0/s1. The van der Waals surface area contributed by atoms with Crippen LogP contribution >= 0.6 is 0 Å². The van der Waals surface area contributed by atoms with Gasteiger partial charge in [0.2, 0.25) is 0 Å². The summed E-state index contributed by atoms with van der Waals surface area (Å²) >= 11 is -0.217. The van der Waals surface area contributed by atoms with Gasteiger partial charge in [0.25, 0.3) is 0 Å². The van der Waals surface area contributed by atoms with Gasteiger partial charge in [0.15, 0.2) is 0 Å². The zero-order valence-electron chi connectivity index (χ0n) is 9.85. The minimum atomic E-state index is -1.10. The van der Waals surface area contributed by atoms with Crippen molar-refractivity contribution in [2.24, 2.45) is 5.92 Å². The van der Waals surface area contributed by atoms with Crippen LogP contribution in [0, 0.1) is 5.92 Å². The quantitative estimate of drug-likeness (QED) is 0.661. The first-order chi connectivity index (χ1) is 7.38. The van der Waals surface area contributed by atoms with E-state index in [-0.39, 0.29) is 23.7 Å². The Hall–Kier alpha value is -0.950. The molecule has 2 atom stereocenters. The molecule has 0 bridgehead atoms. The van der Waals surface area contributed by atoms with Gasteiger partial charge in [-0.2, -0.15) is 4.18 Å². The lowest BCUT2D eigenvalue weighted by molar-refractivity contribution is -0.140. The highest BCUT2D eigenvalue weighted by molar-refractivity contribution is 7.90. The summed E-state index contributed by atoms with van der Waals surface area (Å²) in [4.78, 5) is 21.8. The molecule has 0 spiro atoms. The van der Waals surface area contributed by atoms with Crippen LogP contribution in [0.5, 0.6) is 0 Å². The molecule has 7 heteroatoms. The highest BCUT2D eigenvalue weighted by Gasteiger charge is 2.28. The van der Waals surface area contributed by atoms with Crippen LogP contribution in [0.1, 0.15) is 6.92 Å². The first kappa shape index (κ1) is 15.0. The van der Waals surface area contributed by atoms with Gasteiger partial charge in [-0.25, -0.2) is 9.59 Å². The van der Waals surface area contributed by atoms with E-state index in [1.807, 2.05) is 12.5 Å². The second-order valence-electron chi connectivity index (χ2n) is 3.46. The molecular formula is C9H18NO5S+. The SMILES string of the molecule is COC(=O)N[C@H](C(=O)O)C(C)CO[S+](C)C. The third-order valence-electron chi connectivity index (χ3n) is 1.86. The highest BCUT2D eigenvalue weighted by atomic mass is 32.2. The fraction of sp³-hybridized carbons (Fsp3) is 0.778. The molecule has 0 aromatic carbocycles. The van der Waals surface area contributed by atoms with E-state index >= 15 is 0 Å². The largest absolute Gasteiger partial charge is 0.480 e. The summed E-state index contributed by atoms with van der Waals surface area (Å²) in [5.74, 6) is -1.43. The molecule has 2 N–H and O–H groups in total. The maximum absolute atomic E-state index is 10.9. The number of carbonyl (C=O) groups is 2. The Morgan fingerprint density at radius 2 is 2.00 bits per heavy atom. The lowest BCUT2D eigenvalue weighted by Gasteiger charge is -2.19. The Balaban J connectivity index is 4.29. The van der Waals surface area contributed by atoms with Crippen LogP contribution < -0.4 is 5.32 Å². The van der Waals surface area contributed by atoms with Gasteiger partial charge < -0.3 is 15.2 Å². The molecule has 6 nitrogen and oxygen atoms in total. The predicted molar refractivity (Wildman–Crippen MR) is 61.3 cm³/mol. The van der Waals surface area contributed by atoms with Gasteiger partial charge in [0.1, 0.15) is 36.3 Å². The summed E-state index contributed by atoms with van der Waals surface area (Å²) in [5.41, 5.74) is 0. The first-order valence-electron chi connectivity index (χ1n) is 4.66. The topological polar surface area (TPSA) is 84.9 Å². The molecule has 0 saturated carbocycles. The summed E-state index contributed by atoms with van der Waals surface area (Å²) in [6.45, 7) is 1.97. The molecule has 0 saturated heterocycles. The van der Waals surface area contributed by atoms with Gasteiger partial charge in [-0.1, -0.05) is 6.92 Å². The predicted octanol–water partition coefficient (Wildman–Crippen LogP) is 0.241. The highest BCUT2D eigenvalue weighted by Crippen LogP contribution is 2.06. The fourth-order valence-corrected chi connectivity index (χ4v) is 1.46. The van der Waals surface area contributed by atoms with E-state index in [0.717, 1.165) is 0 Å². The van der Waals surface area contributed by atoms with Crippen LogP contribution in [0.4, 0.5) is 4.79 Å². The van der Waals surface area contributed by atoms with Crippen LogP contribution in [0.2, 0.25) is 0 Å². The maximum Gasteiger partial charge on any atom is 0.407 e.